The Labute approximate surface area is 81.8 Å². The Morgan fingerprint density at radius 1 is 1.50 bits per heavy atom. The first-order chi connectivity index (χ1) is 4.43. The average molecular weight is 300 g/mol. The van der Waals surface area contributed by atoms with Gasteiger partial charge >= 0.3 is 0 Å². The van der Waals surface area contributed by atoms with Gasteiger partial charge in [-0.2, -0.15) is 17.7 Å². The van der Waals surface area contributed by atoms with E-state index in [1.54, 1.807) is 0 Å². The van der Waals surface area contributed by atoms with E-state index < -0.39 is 0 Å². The molecule has 0 bridgehead atoms. The number of hydrogen-bond acceptors (Lipinski definition) is 0. The van der Waals surface area contributed by atoms with E-state index in [4.69, 9.17) is 0 Å². The summed E-state index contributed by atoms with van der Waals surface area (Å²) in [5.74, 6) is 0. The van der Waals surface area contributed by atoms with Crippen LogP contribution in [0.4, 0.5) is 0 Å². The zero-order valence-corrected chi connectivity index (χ0v) is 10.0. The van der Waals surface area contributed by atoms with Crippen molar-refractivity contribution in [3.8, 4) is 0 Å². The van der Waals surface area contributed by atoms with Crippen molar-refractivity contribution in [1.82, 2.24) is 0 Å². The molecule has 0 spiro atoms. The van der Waals surface area contributed by atoms with Crippen molar-refractivity contribution in [2.75, 3.05) is 0 Å². The molecule has 0 radical (unpaired) electrons. The van der Waals surface area contributed by atoms with E-state index in [0.29, 0.717) is 0 Å². The summed E-state index contributed by atoms with van der Waals surface area (Å²) in [5.41, 5.74) is 1.48. The summed E-state index contributed by atoms with van der Waals surface area (Å²) in [6.07, 6.45) is 3.87. The monoisotopic (exact) mass is 301 g/mol. The Balaban J connectivity index is 0.000000810. The topological polar surface area (TPSA) is 0 Å². The van der Waals surface area contributed by atoms with E-state index in [9.17, 15) is 0 Å². The minimum atomic E-state index is 0. The molecule has 1 heteroatoms. The van der Waals surface area contributed by atoms with E-state index in [0.717, 1.165) is 0 Å². The molecule has 10 heavy (non-hydrogen) atoms. The van der Waals surface area contributed by atoms with E-state index in [1.807, 2.05) is 0 Å². The summed E-state index contributed by atoms with van der Waals surface area (Å²) in [7, 11) is 0. The van der Waals surface area contributed by atoms with Gasteiger partial charge < -0.3 is 0 Å². The molecule has 0 unspecified atom stereocenters. The number of aryl methyl sites for hydroxylation is 1. The second-order valence-corrected chi connectivity index (χ2v) is 2.40. The van der Waals surface area contributed by atoms with Crippen molar-refractivity contribution in [2.45, 2.75) is 26.2 Å². The Bertz CT molecular complexity index is 142. The van der Waals surface area contributed by atoms with Crippen molar-refractivity contribution in [1.29, 1.82) is 0 Å². The van der Waals surface area contributed by atoms with Crippen LogP contribution in [0, 0.1) is 0 Å². The van der Waals surface area contributed by atoms with Crippen LogP contribution in [0.15, 0.2) is 24.3 Å². The predicted octanol–water partition coefficient (Wildman–Crippen LogP) is 2.75. The standard InChI is InChI=1S/C9H13.Hf/c1-2-3-6-9-7-4-5-8-9;/h4-5,7-8H,2-3,6H2,1H3;/q-1;. The van der Waals surface area contributed by atoms with Crippen molar-refractivity contribution >= 4 is 0 Å². The Morgan fingerprint density at radius 2 is 2.30 bits per heavy atom. The molecule has 0 aliphatic carbocycles. The minimum absolute atomic E-state index is 0. The summed E-state index contributed by atoms with van der Waals surface area (Å²) < 4.78 is 0. The quantitative estimate of drug-likeness (QED) is 0.595. The SMILES string of the molecule is CCCCc1ccc[cH-]1.[Hf]. The van der Waals surface area contributed by atoms with Crippen LogP contribution in [0.3, 0.4) is 0 Å². The molecule has 0 atom stereocenters. The zero-order valence-electron chi connectivity index (χ0n) is 6.43. The molecular formula is C9H13Hf-. The van der Waals surface area contributed by atoms with Crippen LogP contribution in [0.2, 0.25) is 0 Å². The third-order valence-electron chi connectivity index (χ3n) is 1.55. The smallest absolute Gasteiger partial charge is 0 e. The first-order valence-electron chi connectivity index (χ1n) is 3.64. The predicted molar refractivity (Wildman–Crippen MR) is 40.6 cm³/mol. The number of unbranched alkanes of at least 4 members (excludes halogenated alkanes) is 1. The van der Waals surface area contributed by atoms with Crippen LogP contribution in [0.25, 0.3) is 0 Å². The van der Waals surface area contributed by atoms with Crippen LogP contribution in [0.5, 0.6) is 0 Å². The van der Waals surface area contributed by atoms with Gasteiger partial charge in [0.1, 0.15) is 0 Å². The van der Waals surface area contributed by atoms with E-state index in [-0.39, 0.29) is 25.8 Å². The normalized spacial score (nSPS) is 8.90. The maximum Gasteiger partial charge on any atom is 0 e. The van der Waals surface area contributed by atoms with Gasteiger partial charge in [-0.15, -0.1) is 0 Å². The fourth-order valence-corrected chi connectivity index (χ4v) is 0.961. The summed E-state index contributed by atoms with van der Waals surface area (Å²) >= 11 is 0. The van der Waals surface area contributed by atoms with E-state index in [2.05, 4.69) is 31.2 Å². The van der Waals surface area contributed by atoms with Gasteiger partial charge in [-0.25, -0.2) is 12.1 Å². The van der Waals surface area contributed by atoms with Gasteiger partial charge in [0.25, 0.3) is 0 Å². The molecular weight excluding hydrogens is 287 g/mol. The fourth-order valence-electron chi connectivity index (χ4n) is 0.961. The average Bonchev–Trinajstić information content (AvgIpc) is 2.34. The molecule has 0 nitrogen and oxygen atoms in total. The minimum Gasteiger partial charge on any atom is -0.213 e. The fraction of sp³-hybridized carbons (Fsp3) is 0.444. The number of hydrogen-bond donors (Lipinski definition) is 0. The van der Waals surface area contributed by atoms with Crippen molar-refractivity contribution in [3.63, 3.8) is 0 Å². The molecule has 54 valence electrons. The Morgan fingerprint density at radius 3 is 2.80 bits per heavy atom. The zero-order chi connectivity index (χ0) is 6.53. The molecule has 0 saturated heterocycles. The molecule has 0 N–H and O–H groups in total. The Hall–Kier alpha value is 0.220. The van der Waals surface area contributed by atoms with Gasteiger partial charge in [-0.05, 0) is 0 Å². The van der Waals surface area contributed by atoms with Crippen molar-refractivity contribution < 1.29 is 25.8 Å². The molecule has 0 aliphatic heterocycles. The largest absolute Gasteiger partial charge is 0.213 e. The third kappa shape index (κ3) is 3.40. The molecule has 0 fully saturated rings. The van der Waals surface area contributed by atoms with Crippen molar-refractivity contribution in [2.24, 2.45) is 0 Å². The van der Waals surface area contributed by atoms with E-state index in [1.165, 1.54) is 24.8 Å². The van der Waals surface area contributed by atoms with Crippen LogP contribution in [-0.2, 0) is 32.3 Å². The third-order valence-corrected chi connectivity index (χ3v) is 1.55. The molecule has 0 aromatic heterocycles. The van der Waals surface area contributed by atoms with Gasteiger partial charge in [-0.1, -0.05) is 26.2 Å². The van der Waals surface area contributed by atoms with Gasteiger partial charge in [-0.3, -0.25) is 0 Å². The van der Waals surface area contributed by atoms with Gasteiger partial charge in [0.2, 0.25) is 0 Å². The summed E-state index contributed by atoms with van der Waals surface area (Å²) in [6, 6.07) is 8.58. The second kappa shape index (κ2) is 5.96. The van der Waals surface area contributed by atoms with Crippen molar-refractivity contribution in [3.05, 3.63) is 29.8 Å². The van der Waals surface area contributed by atoms with Crippen LogP contribution < -0.4 is 0 Å². The molecule has 1 rings (SSSR count). The van der Waals surface area contributed by atoms with Gasteiger partial charge in [0.15, 0.2) is 0 Å². The molecule has 0 amide bonds. The first-order valence-corrected chi connectivity index (χ1v) is 3.64. The van der Waals surface area contributed by atoms with Crippen LogP contribution in [-0.4, -0.2) is 0 Å². The summed E-state index contributed by atoms with van der Waals surface area (Å²) in [6.45, 7) is 2.23. The molecule has 0 heterocycles. The first kappa shape index (κ1) is 10.2. The van der Waals surface area contributed by atoms with Gasteiger partial charge in [0, 0.05) is 25.8 Å². The van der Waals surface area contributed by atoms with Gasteiger partial charge in [0.05, 0.1) is 0 Å². The summed E-state index contributed by atoms with van der Waals surface area (Å²) in [4.78, 5) is 0. The second-order valence-electron chi connectivity index (χ2n) is 2.40. The molecule has 1 aromatic carbocycles. The molecule has 0 saturated carbocycles. The molecule has 1 aromatic rings. The van der Waals surface area contributed by atoms with E-state index >= 15 is 0 Å². The molecule has 0 aliphatic rings. The van der Waals surface area contributed by atoms with Crippen LogP contribution >= 0.6 is 0 Å². The van der Waals surface area contributed by atoms with Crippen LogP contribution in [0.1, 0.15) is 25.3 Å². The maximum atomic E-state index is 2.23. The summed E-state index contributed by atoms with van der Waals surface area (Å²) in [5, 5.41) is 0. The Kier molecular flexibility index (Phi) is 6.10. The number of rotatable bonds is 3. The maximum absolute atomic E-state index is 2.23.